The van der Waals surface area contributed by atoms with E-state index in [0.717, 1.165) is 6.92 Å². The highest BCUT2D eigenvalue weighted by atomic mass is 32.2. The first-order chi connectivity index (χ1) is 7.43. The van der Waals surface area contributed by atoms with Crippen LogP contribution in [-0.2, 0) is 21.4 Å². The van der Waals surface area contributed by atoms with Crippen molar-refractivity contribution >= 4 is 16.0 Å². The third kappa shape index (κ3) is 3.31. The molecule has 1 atom stereocenters. The van der Waals surface area contributed by atoms with E-state index in [1.165, 1.54) is 0 Å². The van der Waals surface area contributed by atoms with Gasteiger partial charge in [0, 0.05) is 25.5 Å². The number of hydrogen-bond acceptors (Lipinski definition) is 4. The molecule has 1 aromatic heterocycles. The summed E-state index contributed by atoms with van der Waals surface area (Å²) in [5, 5.41) is 7.12. The number of nitrogens with one attached hydrogen (secondary N) is 1. The maximum absolute atomic E-state index is 11.4. The van der Waals surface area contributed by atoms with Crippen LogP contribution in [0.4, 0.5) is 0 Å². The quantitative estimate of drug-likeness (QED) is 0.690. The summed E-state index contributed by atoms with van der Waals surface area (Å²) in [4.78, 5) is 14.3. The van der Waals surface area contributed by atoms with Crippen molar-refractivity contribution in [3.8, 4) is 0 Å². The lowest BCUT2D eigenvalue weighted by Gasteiger charge is -2.10. The van der Waals surface area contributed by atoms with Gasteiger partial charge in [-0.15, -0.1) is 0 Å². The molecule has 8 heteroatoms. The largest absolute Gasteiger partial charge is 0.480 e. The summed E-state index contributed by atoms with van der Waals surface area (Å²) < 4.78 is 26.7. The van der Waals surface area contributed by atoms with Crippen molar-refractivity contribution in [2.24, 2.45) is 0 Å². The van der Waals surface area contributed by atoms with Crippen LogP contribution in [0.1, 0.15) is 6.92 Å². The Balaban J connectivity index is 2.46. The lowest BCUT2D eigenvalue weighted by Crippen LogP contribution is -2.38. The number of nitrogens with zero attached hydrogens (tertiary/aromatic N) is 2. The summed E-state index contributed by atoms with van der Waals surface area (Å²) in [5.74, 6) is -1.37. The maximum Gasteiger partial charge on any atom is 0.323 e. The number of rotatable bonds is 6. The fraction of sp³-hybridized carbons (Fsp3) is 0.500. The van der Waals surface area contributed by atoms with Crippen LogP contribution in [0.25, 0.3) is 0 Å². The number of aromatic nitrogens is 2. The van der Waals surface area contributed by atoms with Gasteiger partial charge < -0.3 is 9.67 Å². The molecule has 0 saturated heterocycles. The Morgan fingerprint density at radius 1 is 1.62 bits per heavy atom. The molecule has 0 fully saturated rings. The topological polar surface area (TPSA) is 101 Å². The first kappa shape index (κ1) is 12.7. The van der Waals surface area contributed by atoms with E-state index in [9.17, 15) is 13.2 Å². The summed E-state index contributed by atoms with van der Waals surface area (Å²) in [7, 11) is -3.80. The van der Waals surface area contributed by atoms with E-state index < -0.39 is 21.2 Å². The van der Waals surface area contributed by atoms with E-state index in [1.807, 2.05) is 0 Å². The molecule has 0 radical (unpaired) electrons. The van der Waals surface area contributed by atoms with Gasteiger partial charge in [0.25, 0.3) is 0 Å². The van der Waals surface area contributed by atoms with Crippen LogP contribution >= 0.6 is 0 Å². The highest BCUT2D eigenvalue weighted by Gasteiger charge is 2.26. The lowest BCUT2D eigenvalue weighted by molar-refractivity contribution is -0.136. The third-order valence-electron chi connectivity index (χ3n) is 2.05. The summed E-state index contributed by atoms with van der Waals surface area (Å²) in [6.07, 6.45) is 4.82. The molecule has 0 spiro atoms. The molecule has 2 N–H and O–H groups in total. The predicted molar refractivity (Wildman–Crippen MR) is 56.2 cm³/mol. The first-order valence-corrected chi connectivity index (χ1v) is 6.15. The summed E-state index contributed by atoms with van der Waals surface area (Å²) in [5.41, 5.74) is 0. The van der Waals surface area contributed by atoms with Gasteiger partial charge in [-0.05, 0) is 6.92 Å². The zero-order chi connectivity index (χ0) is 12.2. The number of imidazole rings is 1. The minimum atomic E-state index is -3.80. The van der Waals surface area contributed by atoms with Crippen LogP contribution in [0.15, 0.2) is 18.7 Å². The van der Waals surface area contributed by atoms with E-state index in [4.69, 9.17) is 5.11 Å². The number of aliphatic carboxylic acids is 1. The van der Waals surface area contributed by atoms with Gasteiger partial charge in [0.1, 0.15) is 0 Å². The zero-order valence-corrected chi connectivity index (χ0v) is 9.51. The van der Waals surface area contributed by atoms with E-state index in [2.05, 4.69) is 9.71 Å². The van der Waals surface area contributed by atoms with E-state index in [-0.39, 0.29) is 6.54 Å². The van der Waals surface area contributed by atoms with E-state index in [1.54, 1.807) is 23.3 Å². The maximum atomic E-state index is 11.4. The number of hydrogen-bond donors (Lipinski definition) is 2. The third-order valence-corrected chi connectivity index (χ3v) is 3.78. The molecule has 0 amide bonds. The molecule has 1 rings (SSSR count). The van der Waals surface area contributed by atoms with Gasteiger partial charge >= 0.3 is 5.97 Å². The molecule has 0 saturated carbocycles. The molecule has 1 heterocycles. The van der Waals surface area contributed by atoms with E-state index in [0.29, 0.717) is 6.54 Å². The summed E-state index contributed by atoms with van der Waals surface area (Å²) in [6.45, 7) is 1.67. The Morgan fingerprint density at radius 2 is 2.31 bits per heavy atom. The summed E-state index contributed by atoms with van der Waals surface area (Å²) >= 11 is 0. The normalized spacial score (nSPS) is 13.6. The highest BCUT2D eigenvalue weighted by molar-refractivity contribution is 7.90. The van der Waals surface area contributed by atoms with E-state index >= 15 is 0 Å². The van der Waals surface area contributed by atoms with Crippen molar-refractivity contribution < 1.29 is 18.3 Å². The fourth-order valence-electron chi connectivity index (χ4n) is 0.994. The molecule has 16 heavy (non-hydrogen) atoms. The van der Waals surface area contributed by atoms with Crippen LogP contribution in [-0.4, -0.2) is 40.8 Å². The number of carboxylic acids is 1. The number of carbonyl (C=O) groups is 1. The monoisotopic (exact) mass is 247 g/mol. The predicted octanol–water partition coefficient (Wildman–Crippen LogP) is -0.724. The smallest absolute Gasteiger partial charge is 0.323 e. The second-order valence-corrected chi connectivity index (χ2v) is 5.31. The van der Waals surface area contributed by atoms with Gasteiger partial charge in [-0.2, -0.15) is 0 Å². The molecular weight excluding hydrogens is 234 g/mol. The molecule has 0 aliphatic carbocycles. The van der Waals surface area contributed by atoms with Gasteiger partial charge in [0.05, 0.1) is 6.33 Å². The Morgan fingerprint density at radius 3 is 2.81 bits per heavy atom. The van der Waals surface area contributed by atoms with Crippen LogP contribution in [0.2, 0.25) is 0 Å². The SMILES string of the molecule is CC(C(=O)O)S(=O)(=O)NCCn1ccnc1. The standard InChI is InChI=1S/C8H13N3O4S/c1-7(8(12)13)16(14,15)10-3-5-11-4-2-9-6-11/h2,4,6-7,10H,3,5H2,1H3,(H,12,13). The number of sulfonamides is 1. The van der Waals surface area contributed by atoms with Crippen molar-refractivity contribution in [3.63, 3.8) is 0 Å². The average Bonchev–Trinajstić information content (AvgIpc) is 2.69. The summed E-state index contributed by atoms with van der Waals surface area (Å²) in [6, 6.07) is 0. The molecule has 0 aliphatic heterocycles. The Labute approximate surface area is 93.2 Å². The lowest BCUT2D eigenvalue weighted by atomic mass is 10.5. The van der Waals surface area contributed by atoms with Gasteiger partial charge in [-0.3, -0.25) is 4.79 Å². The molecular formula is C8H13N3O4S. The van der Waals surface area contributed by atoms with Gasteiger partial charge in [-0.25, -0.2) is 18.1 Å². The average molecular weight is 247 g/mol. The first-order valence-electron chi connectivity index (χ1n) is 4.60. The molecule has 90 valence electrons. The highest BCUT2D eigenvalue weighted by Crippen LogP contribution is 1.97. The van der Waals surface area contributed by atoms with Crippen molar-refractivity contribution in [3.05, 3.63) is 18.7 Å². The molecule has 0 aliphatic rings. The van der Waals surface area contributed by atoms with Gasteiger partial charge in [0.2, 0.25) is 10.0 Å². The van der Waals surface area contributed by atoms with Crippen molar-refractivity contribution in [1.29, 1.82) is 0 Å². The van der Waals surface area contributed by atoms with Crippen LogP contribution in [0.3, 0.4) is 0 Å². The Bertz CT molecular complexity index is 440. The van der Waals surface area contributed by atoms with Gasteiger partial charge in [0.15, 0.2) is 5.25 Å². The van der Waals surface area contributed by atoms with Crippen LogP contribution < -0.4 is 4.72 Å². The zero-order valence-electron chi connectivity index (χ0n) is 8.70. The molecule has 0 bridgehead atoms. The minimum absolute atomic E-state index is 0.135. The van der Waals surface area contributed by atoms with Crippen molar-refractivity contribution in [1.82, 2.24) is 14.3 Å². The van der Waals surface area contributed by atoms with Crippen LogP contribution in [0.5, 0.6) is 0 Å². The van der Waals surface area contributed by atoms with Gasteiger partial charge in [-0.1, -0.05) is 0 Å². The molecule has 1 aromatic rings. The Kier molecular flexibility index (Phi) is 4.02. The molecule has 1 unspecified atom stereocenters. The minimum Gasteiger partial charge on any atom is -0.480 e. The van der Waals surface area contributed by atoms with Crippen molar-refractivity contribution in [2.75, 3.05) is 6.54 Å². The molecule has 0 aromatic carbocycles. The second-order valence-electron chi connectivity index (χ2n) is 3.22. The van der Waals surface area contributed by atoms with Crippen LogP contribution in [0, 0.1) is 0 Å². The fourth-order valence-corrected chi connectivity index (χ4v) is 1.88. The van der Waals surface area contributed by atoms with Crippen molar-refractivity contribution in [2.45, 2.75) is 18.7 Å². The Hall–Kier alpha value is -1.41. The number of carboxylic acid groups (broad SMARTS) is 1. The molecule has 7 nitrogen and oxygen atoms in total. The second kappa shape index (κ2) is 5.08.